The van der Waals surface area contributed by atoms with E-state index < -0.39 is 0 Å². The van der Waals surface area contributed by atoms with Crippen LogP contribution in [0.1, 0.15) is 43.0 Å². The maximum Gasteiger partial charge on any atom is 0.254 e. The van der Waals surface area contributed by atoms with Crippen molar-refractivity contribution in [3.63, 3.8) is 0 Å². The third-order valence-corrected chi connectivity index (χ3v) is 3.72. The predicted molar refractivity (Wildman–Crippen MR) is 78.0 cm³/mol. The highest BCUT2D eigenvalue weighted by atomic mass is 16.5. The smallest absolute Gasteiger partial charge is 0.254 e. The van der Waals surface area contributed by atoms with Gasteiger partial charge in [0.2, 0.25) is 0 Å². The molecule has 1 amide bonds. The number of hydrogen-bond acceptors (Lipinski definition) is 3. The number of aliphatic hydroxyl groups is 1. The average molecular weight is 277 g/mol. The lowest BCUT2D eigenvalue weighted by atomic mass is 10.1. The largest absolute Gasteiger partial charge is 0.494 e. The van der Waals surface area contributed by atoms with E-state index in [1.807, 2.05) is 12.1 Å². The van der Waals surface area contributed by atoms with Gasteiger partial charge in [-0.25, -0.2) is 0 Å². The molecule has 1 aromatic carbocycles. The number of ether oxygens (including phenoxy) is 1. The zero-order valence-corrected chi connectivity index (χ0v) is 12.0. The molecule has 1 heterocycles. The van der Waals surface area contributed by atoms with Gasteiger partial charge in [0.15, 0.2) is 0 Å². The fraction of sp³-hybridized carbons (Fsp3) is 0.562. The van der Waals surface area contributed by atoms with Crippen LogP contribution in [0.5, 0.6) is 5.75 Å². The van der Waals surface area contributed by atoms with Gasteiger partial charge in [-0.1, -0.05) is 13.3 Å². The molecule has 1 aliphatic rings. The minimum Gasteiger partial charge on any atom is -0.494 e. The van der Waals surface area contributed by atoms with Crippen LogP contribution >= 0.6 is 0 Å². The molecular weight excluding hydrogens is 254 g/mol. The van der Waals surface area contributed by atoms with E-state index in [1.54, 1.807) is 17.0 Å². The highest BCUT2D eigenvalue weighted by molar-refractivity contribution is 5.94. The number of benzene rings is 1. The first-order valence-corrected chi connectivity index (χ1v) is 7.41. The first-order chi connectivity index (χ1) is 9.76. The molecule has 2 rings (SSSR count). The molecule has 110 valence electrons. The highest BCUT2D eigenvalue weighted by Gasteiger charge is 2.28. The van der Waals surface area contributed by atoms with Crippen LogP contribution in [0.2, 0.25) is 0 Å². The molecule has 4 nitrogen and oxygen atoms in total. The van der Waals surface area contributed by atoms with Gasteiger partial charge in [0.25, 0.3) is 5.91 Å². The minimum absolute atomic E-state index is 0.00154. The maximum atomic E-state index is 12.4. The van der Waals surface area contributed by atoms with Crippen LogP contribution in [-0.2, 0) is 0 Å². The van der Waals surface area contributed by atoms with Crippen LogP contribution in [0.25, 0.3) is 0 Å². The van der Waals surface area contributed by atoms with Crippen LogP contribution in [0.15, 0.2) is 24.3 Å². The molecule has 0 radical (unpaired) electrons. The minimum atomic E-state index is -0.0250. The zero-order chi connectivity index (χ0) is 14.4. The molecule has 1 aromatic rings. The molecule has 0 saturated carbocycles. The number of nitrogens with zero attached hydrogens (tertiary/aromatic N) is 1. The van der Waals surface area contributed by atoms with Crippen LogP contribution in [-0.4, -0.2) is 41.7 Å². The Balaban J connectivity index is 1.96. The second kappa shape index (κ2) is 7.29. The average Bonchev–Trinajstić information content (AvgIpc) is 2.96. The summed E-state index contributed by atoms with van der Waals surface area (Å²) in [6.45, 7) is 3.62. The van der Waals surface area contributed by atoms with E-state index in [9.17, 15) is 9.90 Å². The number of aliphatic hydroxyl groups excluding tert-OH is 1. The standard InChI is InChI=1S/C16H23NO3/c1-2-3-11-20-15-8-6-13(7-9-15)16(19)17-10-4-5-14(17)12-18/h6-9,14,18H,2-5,10-12H2,1H3/t14-/m1/s1. The fourth-order valence-electron chi connectivity index (χ4n) is 2.49. The molecule has 0 unspecified atom stereocenters. The Morgan fingerprint density at radius 1 is 1.40 bits per heavy atom. The summed E-state index contributed by atoms with van der Waals surface area (Å²) in [6.07, 6.45) is 4.00. The van der Waals surface area contributed by atoms with Crippen LogP contribution < -0.4 is 4.74 Å². The second-order valence-corrected chi connectivity index (χ2v) is 5.20. The van der Waals surface area contributed by atoms with Crippen molar-refractivity contribution < 1.29 is 14.6 Å². The first kappa shape index (κ1) is 14.9. The topological polar surface area (TPSA) is 49.8 Å². The van der Waals surface area contributed by atoms with Gasteiger partial charge >= 0.3 is 0 Å². The van der Waals surface area contributed by atoms with Gasteiger partial charge in [-0.3, -0.25) is 4.79 Å². The Kier molecular flexibility index (Phi) is 5.41. The Labute approximate surface area is 120 Å². The summed E-state index contributed by atoms with van der Waals surface area (Å²) in [6, 6.07) is 7.26. The number of amides is 1. The van der Waals surface area contributed by atoms with Crippen LogP contribution in [0, 0.1) is 0 Å². The molecule has 20 heavy (non-hydrogen) atoms. The molecule has 1 aliphatic heterocycles. The normalized spacial score (nSPS) is 18.3. The van der Waals surface area contributed by atoms with Gasteiger partial charge in [0, 0.05) is 12.1 Å². The van der Waals surface area contributed by atoms with Gasteiger partial charge in [0.05, 0.1) is 19.3 Å². The predicted octanol–water partition coefficient (Wildman–Crippen LogP) is 2.46. The molecule has 0 aliphatic carbocycles. The molecule has 1 fully saturated rings. The lowest BCUT2D eigenvalue weighted by Crippen LogP contribution is -2.37. The Morgan fingerprint density at radius 2 is 2.15 bits per heavy atom. The van der Waals surface area contributed by atoms with E-state index in [2.05, 4.69) is 6.92 Å². The van der Waals surface area contributed by atoms with Gasteiger partial charge < -0.3 is 14.7 Å². The molecule has 0 spiro atoms. The van der Waals surface area contributed by atoms with Crippen molar-refractivity contribution in [1.82, 2.24) is 4.90 Å². The quantitative estimate of drug-likeness (QED) is 0.813. The molecule has 1 atom stereocenters. The summed E-state index contributed by atoms with van der Waals surface area (Å²) < 4.78 is 5.58. The molecule has 0 bridgehead atoms. The molecular formula is C16H23NO3. The van der Waals surface area contributed by atoms with Gasteiger partial charge in [0.1, 0.15) is 5.75 Å². The van der Waals surface area contributed by atoms with Gasteiger partial charge in [-0.2, -0.15) is 0 Å². The van der Waals surface area contributed by atoms with E-state index >= 15 is 0 Å². The molecule has 1 saturated heterocycles. The van der Waals surface area contributed by atoms with Crippen molar-refractivity contribution in [3.05, 3.63) is 29.8 Å². The molecule has 0 aromatic heterocycles. The van der Waals surface area contributed by atoms with Crippen LogP contribution in [0.3, 0.4) is 0 Å². The highest BCUT2D eigenvalue weighted by Crippen LogP contribution is 2.21. The van der Waals surface area contributed by atoms with Gasteiger partial charge in [-0.05, 0) is 43.5 Å². The van der Waals surface area contributed by atoms with Crippen molar-refractivity contribution in [2.75, 3.05) is 19.8 Å². The summed E-state index contributed by atoms with van der Waals surface area (Å²) in [4.78, 5) is 14.1. The third-order valence-electron chi connectivity index (χ3n) is 3.72. The van der Waals surface area contributed by atoms with Crippen molar-refractivity contribution in [2.45, 2.75) is 38.6 Å². The second-order valence-electron chi connectivity index (χ2n) is 5.20. The lowest BCUT2D eigenvalue weighted by Gasteiger charge is -2.23. The summed E-state index contributed by atoms with van der Waals surface area (Å²) >= 11 is 0. The zero-order valence-electron chi connectivity index (χ0n) is 12.0. The number of carbonyl (C=O) groups is 1. The summed E-state index contributed by atoms with van der Waals surface area (Å²) in [7, 11) is 0. The SMILES string of the molecule is CCCCOc1ccc(C(=O)N2CCC[C@@H]2CO)cc1. The number of likely N-dealkylation sites (tertiary alicyclic amines) is 1. The number of unbranched alkanes of at least 4 members (excludes halogenated alkanes) is 1. The summed E-state index contributed by atoms with van der Waals surface area (Å²) in [5, 5.41) is 9.28. The van der Waals surface area contributed by atoms with E-state index in [0.717, 1.165) is 38.0 Å². The number of rotatable bonds is 6. The molecule has 1 N–H and O–H groups in total. The van der Waals surface area contributed by atoms with Crippen molar-refractivity contribution in [2.24, 2.45) is 0 Å². The van der Waals surface area contributed by atoms with Crippen molar-refractivity contribution in [1.29, 1.82) is 0 Å². The molecule has 4 heteroatoms. The fourth-order valence-corrected chi connectivity index (χ4v) is 2.49. The van der Waals surface area contributed by atoms with E-state index in [1.165, 1.54) is 0 Å². The van der Waals surface area contributed by atoms with E-state index in [4.69, 9.17) is 4.74 Å². The lowest BCUT2D eigenvalue weighted by molar-refractivity contribution is 0.0677. The third kappa shape index (κ3) is 3.51. The Hall–Kier alpha value is -1.55. The van der Waals surface area contributed by atoms with Crippen molar-refractivity contribution >= 4 is 5.91 Å². The summed E-state index contributed by atoms with van der Waals surface area (Å²) in [5.41, 5.74) is 0.660. The number of hydrogen-bond donors (Lipinski definition) is 1. The van der Waals surface area contributed by atoms with E-state index in [-0.39, 0.29) is 18.6 Å². The maximum absolute atomic E-state index is 12.4. The van der Waals surface area contributed by atoms with E-state index in [0.29, 0.717) is 12.2 Å². The van der Waals surface area contributed by atoms with Crippen molar-refractivity contribution in [3.8, 4) is 5.75 Å². The van der Waals surface area contributed by atoms with Crippen LogP contribution in [0.4, 0.5) is 0 Å². The Bertz CT molecular complexity index is 430. The Morgan fingerprint density at radius 3 is 2.80 bits per heavy atom. The first-order valence-electron chi connectivity index (χ1n) is 7.41. The monoisotopic (exact) mass is 277 g/mol. The summed E-state index contributed by atoms with van der Waals surface area (Å²) in [5.74, 6) is 0.803. The van der Waals surface area contributed by atoms with Gasteiger partial charge in [-0.15, -0.1) is 0 Å². The number of carbonyl (C=O) groups excluding carboxylic acids is 1.